The average Bonchev–Trinajstić information content (AvgIpc) is 3.20. The highest BCUT2D eigenvalue weighted by molar-refractivity contribution is 5.78. The molecule has 4 aromatic rings. The van der Waals surface area contributed by atoms with E-state index >= 15 is 0 Å². The maximum absolute atomic E-state index is 13.6. The van der Waals surface area contributed by atoms with Gasteiger partial charge >= 0.3 is 0 Å². The zero-order valence-electron chi connectivity index (χ0n) is 17.9. The maximum atomic E-state index is 13.6. The lowest BCUT2D eigenvalue weighted by molar-refractivity contribution is 0.451. The van der Waals surface area contributed by atoms with Crippen molar-refractivity contribution in [2.45, 2.75) is 51.2 Å². The highest BCUT2D eigenvalue weighted by Crippen LogP contribution is 2.40. The number of anilines is 1. The topological polar surface area (TPSA) is 73.5 Å². The van der Waals surface area contributed by atoms with Gasteiger partial charge in [0.2, 0.25) is 5.95 Å². The lowest BCUT2D eigenvalue weighted by Crippen LogP contribution is -2.13. The van der Waals surface area contributed by atoms with E-state index in [0.717, 1.165) is 66.4 Å². The summed E-state index contributed by atoms with van der Waals surface area (Å²) in [7, 11) is 0. The molecule has 0 saturated heterocycles. The quantitative estimate of drug-likeness (QED) is 0.491. The predicted octanol–water partition coefficient (Wildman–Crippen LogP) is 4.41. The van der Waals surface area contributed by atoms with Crippen molar-refractivity contribution in [3.63, 3.8) is 0 Å². The number of imidazole rings is 2. The Labute approximate surface area is 185 Å². The third kappa shape index (κ3) is 3.55. The van der Waals surface area contributed by atoms with Crippen molar-refractivity contribution < 1.29 is 4.39 Å². The summed E-state index contributed by atoms with van der Waals surface area (Å²) in [5.74, 6) is 1.43. The van der Waals surface area contributed by atoms with E-state index in [0.29, 0.717) is 12.0 Å². The van der Waals surface area contributed by atoms with E-state index in [-0.39, 0.29) is 11.9 Å². The fraction of sp³-hybridized carbons (Fsp3) is 0.333. The van der Waals surface area contributed by atoms with Gasteiger partial charge in [-0.3, -0.25) is 0 Å². The molecule has 2 aliphatic rings. The van der Waals surface area contributed by atoms with Crippen LogP contribution in [0.15, 0.2) is 49.1 Å². The molecule has 162 valence electrons. The molecule has 0 bridgehead atoms. The number of aromatic nitrogens is 6. The van der Waals surface area contributed by atoms with Crippen LogP contribution < -0.4 is 5.32 Å². The molecule has 0 spiro atoms. The Hall–Kier alpha value is -3.55. The largest absolute Gasteiger partial charge is 0.351 e. The van der Waals surface area contributed by atoms with Gasteiger partial charge < -0.3 is 14.5 Å². The molecule has 0 amide bonds. The summed E-state index contributed by atoms with van der Waals surface area (Å²) < 4.78 is 18.1. The summed E-state index contributed by atoms with van der Waals surface area (Å²) in [5.41, 5.74) is 4.52. The minimum absolute atomic E-state index is 0.241. The highest BCUT2D eigenvalue weighted by Gasteiger charge is 2.31. The van der Waals surface area contributed by atoms with E-state index in [1.165, 1.54) is 12.1 Å². The average molecular weight is 430 g/mol. The first-order valence-electron chi connectivity index (χ1n) is 11.1. The van der Waals surface area contributed by atoms with Crippen LogP contribution in [0.2, 0.25) is 0 Å². The number of fused-ring (bicyclic) bond motifs is 1. The van der Waals surface area contributed by atoms with Gasteiger partial charge in [0, 0.05) is 37.0 Å². The van der Waals surface area contributed by atoms with Crippen LogP contribution in [-0.2, 0) is 13.0 Å². The van der Waals surface area contributed by atoms with E-state index in [1.807, 2.05) is 19.3 Å². The van der Waals surface area contributed by atoms with E-state index in [2.05, 4.69) is 30.6 Å². The van der Waals surface area contributed by atoms with Crippen LogP contribution in [0, 0.1) is 12.7 Å². The number of nitrogens with zero attached hydrogens (tertiary/aromatic N) is 6. The zero-order valence-corrected chi connectivity index (χ0v) is 17.9. The number of hydrogen-bond donors (Lipinski definition) is 1. The standard InChI is InChI=1S/C24H24FN7/c1-15-12-31(14-27-15)13-19-8-9-21-30-22(16-2-4-17(25)5-3-16)23(32(19)21)20-10-11-26-24(29-20)28-18-6-7-18/h2-5,10-12,14,18-19H,6-9,13H2,1H3,(H,26,28,29). The molecule has 6 rings (SSSR count). The maximum Gasteiger partial charge on any atom is 0.223 e. The van der Waals surface area contributed by atoms with E-state index in [4.69, 9.17) is 9.97 Å². The Morgan fingerprint density at radius 2 is 1.91 bits per heavy atom. The Bertz CT molecular complexity index is 1270. The molecule has 1 aliphatic carbocycles. The smallest absolute Gasteiger partial charge is 0.223 e. The van der Waals surface area contributed by atoms with Gasteiger partial charge in [-0.05, 0) is 56.5 Å². The van der Waals surface area contributed by atoms with Gasteiger partial charge in [0.15, 0.2) is 0 Å². The van der Waals surface area contributed by atoms with E-state index in [1.54, 1.807) is 18.3 Å². The summed E-state index contributed by atoms with van der Waals surface area (Å²) in [6.07, 6.45) is 9.96. The number of benzene rings is 1. The summed E-state index contributed by atoms with van der Waals surface area (Å²) >= 11 is 0. The van der Waals surface area contributed by atoms with Crippen LogP contribution >= 0.6 is 0 Å². The summed E-state index contributed by atoms with van der Waals surface area (Å²) in [5, 5.41) is 3.39. The van der Waals surface area contributed by atoms with Crippen molar-refractivity contribution in [2.75, 3.05) is 5.32 Å². The van der Waals surface area contributed by atoms with Crippen molar-refractivity contribution >= 4 is 5.95 Å². The second-order valence-corrected chi connectivity index (χ2v) is 8.69. The number of hydrogen-bond acceptors (Lipinski definition) is 5. The Morgan fingerprint density at radius 3 is 2.66 bits per heavy atom. The van der Waals surface area contributed by atoms with Gasteiger partial charge in [-0.25, -0.2) is 24.3 Å². The molecule has 1 aliphatic heterocycles. The van der Waals surface area contributed by atoms with Crippen molar-refractivity contribution in [1.29, 1.82) is 0 Å². The molecule has 1 atom stereocenters. The van der Waals surface area contributed by atoms with Crippen LogP contribution in [-0.4, -0.2) is 35.1 Å². The van der Waals surface area contributed by atoms with Crippen LogP contribution in [0.5, 0.6) is 0 Å². The molecular formula is C24H24FN7. The first-order chi connectivity index (χ1) is 15.6. The molecule has 1 saturated carbocycles. The normalized spacial score (nSPS) is 17.5. The first kappa shape index (κ1) is 19.2. The van der Waals surface area contributed by atoms with Gasteiger partial charge in [0.25, 0.3) is 0 Å². The van der Waals surface area contributed by atoms with Crippen molar-refractivity contribution in [3.8, 4) is 22.6 Å². The van der Waals surface area contributed by atoms with Crippen molar-refractivity contribution in [1.82, 2.24) is 29.1 Å². The third-order valence-corrected chi connectivity index (χ3v) is 6.16. The van der Waals surface area contributed by atoms with Crippen LogP contribution in [0.1, 0.15) is 36.8 Å². The minimum Gasteiger partial charge on any atom is -0.351 e. The fourth-order valence-corrected chi connectivity index (χ4v) is 4.49. The first-order valence-corrected chi connectivity index (χ1v) is 11.1. The molecule has 3 aromatic heterocycles. The lowest BCUT2D eigenvalue weighted by Gasteiger charge is -2.18. The third-order valence-electron chi connectivity index (χ3n) is 6.16. The minimum atomic E-state index is -0.256. The second kappa shape index (κ2) is 7.55. The van der Waals surface area contributed by atoms with Gasteiger partial charge in [-0.15, -0.1) is 0 Å². The summed E-state index contributed by atoms with van der Waals surface area (Å²) in [4.78, 5) is 18.6. The number of halogens is 1. The van der Waals surface area contributed by atoms with Crippen LogP contribution in [0.4, 0.5) is 10.3 Å². The van der Waals surface area contributed by atoms with Gasteiger partial charge in [-0.1, -0.05) is 0 Å². The fourth-order valence-electron chi connectivity index (χ4n) is 4.49. The summed E-state index contributed by atoms with van der Waals surface area (Å²) in [6.45, 7) is 2.82. The molecule has 1 aromatic carbocycles. The predicted molar refractivity (Wildman–Crippen MR) is 120 cm³/mol. The number of rotatable bonds is 6. The van der Waals surface area contributed by atoms with Gasteiger partial charge in [0.05, 0.1) is 35.1 Å². The highest BCUT2D eigenvalue weighted by atomic mass is 19.1. The Morgan fingerprint density at radius 1 is 1.06 bits per heavy atom. The Balaban J connectivity index is 1.47. The lowest BCUT2D eigenvalue weighted by atomic mass is 10.1. The second-order valence-electron chi connectivity index (χ2n) is 8.69. The van der Waals surface area contributed by atoms with Gasteiger partial charge in [0.1, 0.15) is 11.6 Å². The van der Waals surface area contributed by atoms with Gasteiger partial charge in [-0.2, -0.15) is 0 Å². The van der Waals surface area contributed by atoms with E-state index in [9.17, 15) is 4.39 Å². The zero-order chi connectivity index (χ0) is 21.7. The van der Waals surface area contributed by atoms with E-state index < -0.39 is 0 Å². The SMILES string of the molecule is Cc1cn(CC2CCc3nc(-c4ccc(F)cc4)c(-c4ccnc(NC5CC5)n4)n32)cn1. The number of aryl methyl sites for hydroxylation is 2. The molecule has 0 radical (unpaired) electrons. The molecular weight excluding hydrogens is 405 g/mol. The van der Waals surface area contributed by atoms with Crippen LogP contribution in [0.3, 0.4) is 0 Å². The Kier molecular flexibility index (Phi) is 4.52. The molecule has 1 fully saturated rings. The molecule has 8 heteroatoms. The molecule has 32 heavy (non-hydrogen) atoms. The molecule has 7 nitrogen and oxygen atoms in total. The van der Waals surface area contributed by atoms with Crippen molar-refractivity contribution in [2.24, 2.45) is 0 Å². The molecule has 4 heterocycles. The number of nitrogens with one attached hydrogen (secondary N) is 1. The van der Waals surface area contributed by atoms with Crippen LogP contribution in [0.25, 0.3) is 22.6 Å². The van der Waals surface area contributed by atoms with Crippen molar-refractivity contribution in [3.05, 3.63) is 66.4 Å². The molecule has 1 N–H and O–H groups in total. The summed E-state index contributed by atoms with van der Waals surface area (Å²) in [6, 6.07) is 9.18. The monoisotopic (exact) mass is 429 g/mol. The molecule has 1 unspecified atom stereocenters.